The maximum absolute atomic E-state index is 9.12. The third-order valence-corrected chi connectivity index (χ3v) is 2.36. The van der Waals surface area contributed by atoms with Crippen LogP contribution in [0, 0.1) is 0 Å². The molecule has 0 fully saturated rings. The topological polar surface area (TPSA) is 44.3 Å². The van der Waals surface area contributed by atoms with Crippen molar-refractivity contribution in [2.24, 2.45) is 0 Å². The van der Waals surface area contributed by atoms with Crippen molar-refractivity contribution >= 4 is 17.3 Å². The Hall–Kier alpha value is -1.55. The molecule has 4 heteroatoms. The van der Waals surface area contributed by atoms with Crippen molar-refractivity contribution < 1.29 is 5.11 Å². The van der Waals surface area contributed by atoms with Crippen molar-refractivity contribution in [2.75, 3.05) is 0 Å². The molecule has 86 valence electrons. The van der Waals surface area contributed by atoms with E-state index in [9.17, 15) is 0 Å². The van der Waals surface area contributed by atoms with Crippen molar-refractivity contribution in [3.63, 3.8) is 0 Å². The van der Waals surface area contributed by atoms with Crippen LogP contribution in [0.1, 0.15) is 12.5 Å². The number of phenols is 1. The van der Waals surface area contributed by atoms with Gasteiger partial charge in [-0.25, -0.2) is 0 Å². The molecule has 1 rings (SSSR count). The van der Waals surface area contributed by atoms with Crippen molar-refractivity contribution in [3.05, 3.63) is 42.5 Å². The second-order valence-corrected chi connectivity index (χ2v) is 3.93. The first-order valence-corrected chi connectivity index (χ1v) is 5.47. The SMILES string of the molecule is C=CC(C)NC(=S)NCc1ccc(O)cc1. The van der Waals surface area contributed by atoms with Crippen LogP contribution < -0.4 is 10.6 Å². The molecule has 0 bridgehead atoms. The van der Waals surface area contributed by atoms with Gasteiger partial charge in [0.1, 0.15) is 5.75 Å². The Labute approximate surface area is 101 Å². The second-order valence-electron chi connectivity index (χ2n) is 3.52. The number of hydrogen-bond acceptors (Lipinski definition) is 2. The van der Waals surface area contributed by atoms with E-state index in [1.807, 2.05) is 19.1 Å². The van der Waals surface area contributed by atoms with Crippen molar-refractivity contribution in [1.29, 1.82) is 0 Å². The monoisotopic (exact) mass is 236 g/mol. The van der Waals surface area contributed by atoms with Crippen LogP contribution in [-0.4, -0.2) is 16.3 Å². The number of aromatic hydroxyl groups is 1. The van der Waals surface area contributed by atoms with E-state index in [1.54, 1.807) is 18.2 Å². The minimum atomic E-state index is 0.153. The summed E-state index contributed by atoms with van der Waals surface area (Å²) in [5.41, 5.74) is 1.06. The van der Waals surface area contributed by atoms with Gasteiger partial charge in [0.25, 0.3) is 0 Å². The summed E-state index contributed by atoms with van der Waals surface area (Å²) in [6.07, 6.45) is 1.79. The summed E-state index contributed by atoms with van der Waals surface area (Å²) in [6.45, 7) is 6.27. The minimum absolute atomic E-state index is 0.153. The van der Waals surface area contributed by atoms with Gasteiger partial charge in [0.15, 0.2) is 5.11 Å². The molecule has 0 saturated carbocycles. The molecule has 0 radical (unpaired) electrons. The van der Waals surface area contributed by atoms with Gasteiger partial charge < -0.3 is 15.7 Å². The maximum Gasteiger partial charge on any atom is 0.167 e. The Morgan fingerprint density at radius 1 is 1.50 bits per heavy atom. The molecule has 0 spiro atoms. The van der Waals surface area contributed by atoms with E-state index in [0.717, 1.165) is 5.56 Å². The fraction of sp³-hybridized carbons (Fsp3) is 0.250. The molecule has 0 aliphatic heterocycles. The minimum Gasteiger partial charge on any atom is -0.508 e. The highest BCUT2D eigenvalue weighted by Crippen LogP contribution is 2.08. The fourth-order valence-electron chi connectivity index (χ4n) is 1.11. The van der Waals surface area contributed by atoms with Crippen LogP contribution in [0.25, 0.3) is 0 Å². The highest BCUT2D eigenvalue weighted by atomic mass is 32.1. The largest absolute Gasteiger partial charge is 0.508 e. The van der Waals surface area contributed by atoms with Crippen molar-refractivity contribution in [2.45, 2.75) is 19.5 Å². The quantitative estimate of drug-likeness (QED) is 0.552. The highest BCUT2D eigenvalue weighted by molar-refractivity contribution is 7.80. The second kappa shape index (κ2) is 6.12. The van der Waals surface area contributed by atoms with Crippen LogP contribution in [0.5, 0.6) is 5.75 Å². The van der Waals surface area contributed by atoms with E-state index in [-0.39, 0.29) is 11.8 Å². The van der Waals surface area contributed by atoms with Gasteiger partial charge in [-0.15, -0.1) is 6.58 Å². The Balaban J connectivity index is 2.37. The van der Waals surface area contributed by atoms with Gasteiger partial charge in [0.05, 0.1) is 0 Å². The number of rotatable bonds is 4. The van der Waals surface area contributed by atoms with Gasteiger partial charge in [-0.3, -0.25) is 0 Å². The van der Waals surface area contributed by atoms with Crippen LogP contribution >= 0.6 is 12.2 Å². The molecule has 3 nitrogen and oxygen atoms in total. The van der Waals surface area contributed by atoms with E-state index in [1.165, 1.54) is 0 Å². The zero-order chi connectivity index (χ0) is 12.0. The Kier molecular flexibility index (Phi) is 4.79. The molecule has 0 aromatic heterocycles. The zero-order valence-electron chi connectivity index (χ0n) is 9.23. The predicted molar refractivity (Wildman–Crippen MR) is 70.3 cm³/mol. The molecule has 0 aliphatic carbocycles. The summed E-state index contributed by atoms with van der Waals surface area (Å²) in [6, 6.07) is 7.16. The summed E-state index contributed by atoms with van der Waals surface area (Å²) in [4.78, 5) is 0. The Morgan fingerprint density at radius 3 is 2.69 bits per heavy atom. The molecule has 1 aromatic carbocycles. The van der Waals surface area contributed by atoms with Crippen LogP contribution in [-0.2, 0) is 6.54 Å². The molecule has 0 amide bonds. The first-order valence-electron chi connectivity index (χ1n) is 5.06. The van der Waals surface area contributed by atoms with E-state index in [4.69, 9.17) is 17.3 Å². The summed E-state index contributed by atoms with van der Waals surface area (Å²) in [7, 11) is 0. The molecule has 0 heterocycles. The molecule has 0 saturated heterocycles. The molecule has 1 unspecified atom stereocenters. The van der Waals surface area contributed by atoms with Crippen molar-refractivity contribution in [3.8, 4) is 5.75 Å². The highest BCUT2D eigenvalue weighted by Gasteiger charge is 1.99. The molecular weight excluding hydrogens is 220 g/mol. The summed E-state index contributed by atoms with van der Waals surface area (Å²) < 4.78 is 0. The lowest BCUT2D eigenvalue weighted by molar-refractivity contribution is 0.475. The maximum atomic E-state index is 9.12. The Bertz CT molecular complexity index is 362. The van der Waals surface area contributed by atoms with Gasteiger partial charge >= 0.3 is 0 Å². The van der Waals surface area contributed by atoms with Gasteiger partial charge in [-0.05, 0) is 36.8 Å². The lowest BCUT2D eigenvalue weighted by Crippen LogP contribution is -2.39. The van der Waals surface area contributed by atoms with E-state index >= 15 is 0 Å². The average molecular weight is 236 g/mol. The van der Waals surface area contributed by atoms with Crippen molar-refractivity contribution in [1.82, 2.24) is 10.6 Å². The van der Waals surface area contributed by atoms with Crippen LogP contribution in [0.2, 0.25) is 0 Å². The van der Waals surface area contributed by atoms with Gasteiger partial charge in [0, 0.05) is 12.6 Å². The lowest BCUT2D eigenvalue weighted by Gasteiger charge is -2.13. The molecule has 16 heavy (non-hydrogen) atoms. The number of benzene rings is 1. The molecule has 3 N–H and O–H groups in total. The first kappa shape index (κ1) is 12.5. The fourth-order valence-corrected chi connectivity index (χ4v) is 1.37. The van der Waals surface area contributed by atoms with Crippen LogP contribution in [0.15, 0.2) is 36.9 Å². The number of phenolic OH excluding ortho intramolecular Hbond substituents is 1. The zero-order valence-corrected chi connectivity index (χ0v) is 10.1. The standard InChI is InChI=1S/C12H16N2OS/c1-3-9(2)14-12(16)13-8-10-4-6-11(15)7-5-10/h3-7,9,15H,1,8H2,2H3,(H2,13,14,16). The normalized spacial score (nSPS) is 11.6. The number of hydrogen-bond donors (Lipinski definition) is 3. The Morgan fingerprint density at radius 2 is 2.12 bits per heavy atom. The van der Waals surface area contributed by atoms with Crippen LogP contribution in [0.3, 0.4) is 0 Å². The average Bonchev–Trinajstić information content (AvgIpc) is 2.28. The van der Waals surface area contributed by atoms with Crippen LogP contribution in [0.4, 0.5) is 0 Å². The third-order valence-electron chi connectivity index (χ3n) is 2.10. The molecular formula is C12H16N2OS. The molecule has 1 atom stereocenters. The molecule has 1 aromatic rings. The third kappa shape index (κ3) is 4.31. The smallest absolute Gasteiger partial charge is 0.167 e. The summed E-state index contributed by atoms with van der Waals surface area (Å²) >= 11 is 5.10. The van der Waals surface area contributed by atoms with E-state index < -0.39 is 0 Å². The van der Waals surface area contributed by atoms with Gasteiger partial charge in [-0.1, -0.05) is 18.2 Å². The lowest BCUT2D eigenvalue weighted by atomic mass is 10.2. The van der Waals surface area contributed by atoms with E-state index in [2.05, 4.69) is 17.2 Å². The predicted octanol–water partition coefficient (Wildman–Crippen LogP) is 1.93. The van der Waals surface area contributed by atoms with Gasteiger partial charge in [-0.2, -0.15) is 0 Å². The number of nitrogens with one attached hydrogen (secondary N) is 2. The first-order chi connectivity index (χ1) is 7.61. The van der Waals surface area contributed by atoms with E-state index in [0.29, 0.717) is 11.7 Å². The molecule has 0 aliphatic rings. The van der Waals surface area contributed by atoms with Gasteiger partial charge in [0.2, 0.25) is 0 Å². The summed E-state index contributed by atoms with van der Waals surface area (Å²) in [5, 5.41) is 15.9. The number of thiocarbonyl (C=S) groups is 1. The summed E-state index contributed by atoms with van der Waals surface area (Å²) in [5.74, 6) is 0.268.